The number of carbonyl (C=O) groups is 2. The van der Waals surface area contributed by atoms with E-state index in [0.29, 0.717) is 17.9 Å². The highest BCUT2D eigenvalue weighted by Crippen LogP contribution is 2.24. The molecule has 0 fully saturated rings. The lowest BCUT2D eigenvalue weighted by Crippen LogP contribution is -2.43. The first-order chi connectivity index (χ1) is 8.39. The highest BCUT2D eigenvalue weighted by Gasteiger charge is 2.37. The lowest BCUT2D eigenvalue weighted by atomic mass is 9.88. The second-order valence-corrected chi connectivity index (χ2v) is 4.74. The number of esters is 1. The molecule has 0 aliphatic heterocycles. The van der Waals surface area contributed by atoms with E-state index < -0.39 is 11.6 Å². The van der Waals surface area contributed by atoms with Crippen molar-refractivity contribution in [1.82, 2.24) is 0 Å². The largest absolute Gasteiger partial charge is 0.451 e. The first kappa shape index (κ1) is 14.7. The summed E-state index contributed by atoms with van der Waals surface area (Å²) >= 11 is 5.81. The zero-order chi connectivity index (χ0) is 13.8. The third kappa shape index (κ3) is 3.57. The second kappa shape index (κ2) is 6.01. The summed E-state index contributed by atoms with van der Waals surface area (Å²) in [6.45, 7) is 4.60. The monoisotopic (exact) mass is 268 g/mol. The molecule has 0 saturated heterocycles. The number of rotatable bonds is 5. The zero-order valence-corrected chi connectivity index (χ0v) is 11.6. The molecule has 0 radical (unpaired) electrons. The number of benzene rings is 1. The molecular formula is C14H17ClO3. The Hall–Kier alpha value is -1.35. The van der Waals surface area contributed by atoms with Crippen molar-refractivity contribution >= 4 is 23.4 Å². The van der Waals surface area contributed by atoms with Crippen LogP contribution in [0.4, 0.5) is 0 Å². The van der Waals surface area contributed by atoms with Gasteiger partial charge in [0.25, 0.3) is 0 Å². The van der Waals surface area contributed by atoms with Gasteiger partial charge in [-0.05, 0) is 31.0 Å². The van der Waals surface area contributed by atoms with E-state index in [-0.39, 0.29) is 5.78 Å². The SMILES string of the molecule is CCC(Cc1ccc(Cl)cc1)(OC(C)=O)C(C)=O. The Morgan fingerprint density at radius 2 is 1.78 bits per heavy atom. The van der Waals surface area contributed by atoms with Crippen LogP contribution in [0.1, 0.15) is 32.8 Å². The zero-order valence-electron chi connectivity index (χ0n) is 10.8. The molecule has 1 unspecified atom stereocenters. The Balaban J connectivity index is 3.00. The van der Waals surface area contributed by atoms with Crippen molar-refractivity contribution in [2.75, 3.05) is 0 Å². The average molecular weight is 269 g/mol. The van der Waals surface area contributed by atoms with Gasteiger partial charge in [0.2, 0.25) is 0 Å². The standard InChI is InChI=1S/C14H17ClO3/c1-4-14(10(2)16,18-11(3)17)9-12-5-7-13(15)8-6-12/h5-8H,4,9H2,1-3H3. The maximum absolute atomic E-state index is 11.8. The van der Waals surface area contributed by atoms with Crippen molar-refractivity contribution in [1.29, 1.82) is 0 Å². The van der Waals surface area contributed by atoms with Gasteiger partial charge in [-0.3, -0.25) is 9.59 Å². The molecular weight excluding hydrogens is 252 g/mol. The Bertz CT molecular complexity index is 439. The molecule has 0 spiro atoms. The van der Waals surface area contributed by atoms with Gasteiger partial charge in [-0.25, -0.2) is 0 Å². The van der Waals surface area contributed by atoms with E-state index in [1.807, 2.05) is 19.1 Å². The maximum atomic E-state index is 11.8. The first-order valence-corrected chi connectivity index (χ1v) is 6.22. The van der Waals surface area contributed by atoms with Crippen LogP contribution in [0, 0.1) is 0 Å². The summed E-state index contributed by atoms with van der Waals surface area (Å²) in [5.41, 5.74) is -0.155. The highest BCUT2D eigenvalue weighted by molar-refractivity contribution is 6.30. The summed E-state index contributed by atoms with van der Waals surface area (Å²) in [6.07, 6.45) is 0.820. The van der Waals surface area contributed by atoms with Crippen LogP contribution < -0.4 is 0 Å². The number of hydrogen-bond acceptors (Lipinski definition) is 3. The molecule has 0 aromatic heterocycles. The molecule has 4 heteroatoms. The predicted octanol–water partition coefficient (Wildman–Crippen LogP) is 3.18. The van der Waals surface area contributed by atoms with Crippen molar-refractivity contribution in [3.8, 4) is 0 Å². The molecule has 98 valence electrons. The molecule has 0 aliphatic rings. The van der Waals surface area contributed by atoms with Crippen LogP contribution in [0.15, 0.2) is 24.3 Å². The van der Waals surface area contributed by atoms with E-state index in [1.165, 1.54) is 13.8 Å². The van der Waals surface area contributed by atoms with E-state index in [2.05, 4.69) is 0 Å². The van der Waals surface area contributed by atoms with Crippen LogP contribution in [-0.4, -0.2) is 17.4 Å². The van der Waals surface area contributed by atoms with Crippen molar-refractivity contribution in [2.24, 2.45) is 0 Å². The molecule has 1 atom stereocenters. The molecule has 3 nitrogen and oxygen atoms in total. The van der Waals surface area contributed by atoms with Crippen LogP contribution >= 0.6 is 11.6 Å². The minimum atomic E-state index is -1.07. The van der Waals surface area contributed by atoms with Crippen LogP contribution in [0.25, 0.3) is 0 Å². The van der Waals surface area contributed by atoms with Gasteiger partial charge in [-0.15, -0.1) is 0 Å². The minimum Gasteiger partial charge on any atom is -0.451 e. The number of carbonyl (C=O) groups excluding carboxylic acids is 2. The lowest BCUT2D eigenvalue weighted by Gasteiger charge is -2.29. The molecule has 0 heterocycles. The highest BCUT2D eigenvalue weighted by atomic mass is 35.5. The summed E-state index contributed by atoms with van der Waals surface area (Å²) in [4.78, 5) is 23.0. The van der Waals surface area contributed by atoms with Crippen molar-refractivity contribution < 1.29 is 14.3 Å². The molecule has 0 aliphatic carbocycles. The fourth-order valence-corrected chi connectivity index (χ4v) is 2.01. The van der Waals surface area contributed by atoms with Crippen LogP contribution in [0.5, 0.6) is 0 Å². The molecule has 1 aromatic carbocycles. The Morgan fingerprint density at radius 3 is 2.17 bits per heavy atom. The van der Waals surface area contributed by atoms with Crippen LogP contribution in [0.3, 0.4) is 0 Å². The molecule has 1 aromatic rings. The van der Waals surface area contributed by atoms with Gasteiger partial charge in [0, 0.05) is 18.4 Å². The minimum absolute atomic E-state index is 0.143. The molecule has 0 bridgehead atoms. The smallest absolute Gasteiger partial charge is 0.303 e. The molecule has 0 amide bonds. The number of halogens is 1. The Labute approximate surface area is 112 Å². The lowest BCUT2D eigenvalue weighted by molar-refractivity contribution is -0.165. The van der Waals surface area contributed by atoms with Crippen molar-refractivity contribution in [3.63, 3.8) is 0 Å². The second-order valence-electron chi connectivity index (χ2n) is 4.30. The number of ketones is 1. The summed E-state index contributed by atoms with van der Waals surface area (Å²) < 4.78 is 5.26. The van der Waals surface area contributed by atoms with Gasteiger partial charge in [-0.1, -0.05) is 30.7 Å². The normalized spacial score (nSPS) is 13.8. The van der Waals surface area contributed by atoms with E-state index >= 15 is 0 Å². The third-order valence-electron chi connectivity index (χ3n) is 2.95. The molecule has 18 heavy (non-hydrogen) atoms. The number of hydrogen-bond donors (Lipinski definition) is 0. The van der Waals surface area contributed by atoms with Crippen LogP contribution in [-0.2, 0) is 20.7 Å². The molecule has 0 saturated carbocycles. The first-order valence-electron chi connectivity index (χ1n) is 5.84. The summed E-state index contributed by atoms with van der Waals surface area (Å²) in [5.74, 6) is -0.587. The van der Waals surface area contributed by atoms with E-state index in [0.717, 1.165) is 5.56 Å². The summed E-state index contributed by atoms with van der Waals surface area (Å²) in [6, 6.07) is 7.18. The third-order valence-corrected chi connectivity index (χ3v) is 3.21. The Kier molecular flexibility index (Phi) is 4.91. The summed E-state index contributed by atoms with van der Waals surface area (Å²) in [5, 5.41) is 0.635. The number of ether oxygens (including phenoxy) is 1. The summed E-state index contributed by atoms with van der Waals surface area (Å²) in [7, 11) is 0. The molecule has 1 rings (SSSR count). The quantitative estimate of drug-likeness (QED) is 0.771. The van der Waals surface area contributed by atoms with E-state index in [1.54, 1.807) is 12.1 Å². The average Bonchev–Trinajstić information content (AvgIpc) is 2.30. The van der Waals surface area contributed by atoms with Gasteiger partial charge >= 0.3 is 5.97 Å². The van der Waals surface area contributed by atoms with Gasteiger partial charge in [0.05, 0.1) is 0 Å². The van der Waals surface area contributed by atoms with Gasteiger partial charge in [0.15, 0.2) is 11.4 Å². The fraction of sp³-hybridized carbons (Fsp3) is 0.429. The number of Topliss-reactive ketones (excluding diaryl/α,β-unsaturated/α-hetero) is 1. The van der Waals surface area contributed by atoms with Gasteiger partial charge in [0.1, 0.15) is 0 Å². The predicted molar refractivity (Wildman–Crippen MR) is 70.6 cm³/mol. The maximum Gasteiger partial charge on any atom is 0.303 e. The van der Waals surface area contributed by atoms with Gasteiger partial charge in [-0.2, -0.15) is 0 Å². The van der Waals surface area contributed by atoms with E-state index in [4.69, 9.17) is 16.3 Å². The Morgan fingerprint density at radius 1 is 1.22 bits per heavy atom. The van der Waals surface area contributed by atoms with Crippen molar-refractivity contribution in [2.45, 2.75) is 39.2 Å². The molecule has 0 N–H and O–H groups in total. The van der Waals surface area contributed by atoms with Gasteiger partial charge < -0.3 is 4.74 Å². The van der Waals surface area contributed by atoms with E-state index in [9.17, 15) is 9.59 Å². The van der Waals surface area contributed by atoms with Crippen LogP contribution in [0.2, 0.25) is 5.02 Å². The fourth-order valence-electron chi connectivity index (χ4n) is 1.89. The van der Waals surface area contributed by atoms with Crippen molar-refractivity contribution in [3.05, 3.63) is 34.9 Å². The topological polar surface area (TPSA) is 43.4 Å².